The van der Waals surface area contributed by atoms with Gasteiger partial charge in [0.05, 0.1) is 5.56 Å². The first kappa shape index (κ1) is 11.6. The van der Waals surface area contributed by atoms with Crippen LogP contribution in [0.3, 0.4) is 0 Å². The summed E-state index contributed by atoms with van der Waals surface area (Å²) >= 11 is 0. The fourth-order valence-corrected chi connectivity index (χ4v) is 0.870. The van der Waals surface area contributed by atoms with E-state index >= 15 is 0 Å². The average molecular weight is 218 g/mol. The quantitative estimate of drug-likeness (QED) is 0.713. The lowest BCUT2D eigenvalue weighted by molar-refractivity contribution is -0.198. The van der Waals surface area contributed by atoms with Crippen molar-refractivity contribution in [1.82, 2.24) is 0 Å². The minimum atomic E-state index is -4.52. The molecule has 0 bridgehead atoms. The molecule has 1 aromatic rings. The number of hydrogen-bond donors (Lipinski definition) is 0. The van der Waals surface area contributed by atoms with Crippen LogP contribution >= 0.6 is 0 Å². The van der Waals surface area contributed by atoms with Crippen molar-refractivity contribution in [2.75, 3.05) is 0 Å². The monoisotopic (exact) mass is 218 g/mol. The lowest BCUT2D eigenvalue weighted by Gasteiger charge is -2.16. The Bertz CT molecular complexity index is 332. The third-order valence-electron chi connectivity index (χ3n) is 1.75. The summed E-state index contributed by atoms with van der Waals surface area (Å²) in [7, 11) is 0. The molecule has 0 fully saturated rings. The lowest BCUT2D eigenvalue weighted by atomic mass is 10.2. The van der Waals surface area contributed by atoms with E-state index in [4.69, 9.17) is 0 Å². The van der Waals surface area contributed by atoms with Crippen molar-refractivity contribution in [2.24, 2.45) is 0 Å². The first-order chi connectivity index (χ1) is 6.91. The van der Waals surface area contributed by atoms with Crippen LogP contribution in [-0.2, 0) is 4.74 Å². The van der Waals surface area contributed by atoms with Crippen LogP contribution < -0.4 is 0 Å². The van der Waals surface area contributed by atoms with E-state index in [0.29, 0.717) is 0 Å². The van der Waals surface area contributed by atoms with Crippen molar-refractivity contribution < 1.29 is 22.7 Å². The van der Waals surface area contributed by atoms with E-state index in [1.54, 1.807) is 18.2 Å². The molecule has 0 unspecified atom stereocenters. The second-order valence-electron chi connectivity index (χ2n) is 2.96. The van der Waals surface area contributed by atoms with Crippen LogP contribution in [0.2, 0.25) is 0 Å². The highest BCUT2D eigenvalue weighted by atomic mass is 19.4. The number of rotatable bonds is 2. The van der Waals surface area contributed by atoms with Crippen LogP contribution in [0, 0.1) is 0 Å². The Morgan fingerprint density at radius 2 is 1.80 bits per heavy atom. The van der Waals surface area contributed by atoms with Gasteiger partial charge in [-0.1, -0.05) is 18.2 Å². The van der Waals surface area contributed by atoms with Gasteiger partial charge < -0.3 is 4.74 Å². The highest BCUT2D eigenvalue weighted by molar-refractivity contribution is 5.89. The summed E-state index contributed by atoms with van der Waals surface area (Å²) < 4.78 is 40.4. The highest BCUT2D eigenvalue weighted by Crippen LogP contribution is 2.23. The number of carbonyl (C=O) groups excluding carboxylic acids is 1. The predicted octanol–water partition coefficient (Wildman–Crippen LogP) is 2.79. The molecule has 1 atom stereocenters. The average Bonchev–Trinajstić information content (AvgIpc) is 2.17. The molecule has 0 aliphatic heterocycles. The molecule has 0 saturated heterocycles. The SMILES string of the molecule is C[C@@H](OC(=O)c1ccccc1)C(F)(F)F. The van der Waals surface area contributed by atoms with E-state index < -0.39 is 18.2 Å². The molecule has 0 aromatic heterocycles. The Labute approximate surface area is 84.7 Å². The molecule has 2 nitrogen and oxygen atoms in total. The Morgan fingerprint density at radius 1 is 1.27 bits per heavy atom. The van der Waals surface area contributed by atoms with E-state index in [0.717, 1.165) is 6.92 Å². The fourth-order valence-electron chi connectivity index (χ4n) is 0.870. The molecule has 1 rings (SSSR count). The molecule has 0 saturated carbocycles. The molecular weight excluding hydrogens is 209 g/mol. The van der Waals surface area contributed by atoms with Crippen molar-refractivity contribution in [3.8, 4) is 0 Å². The van der Waals surface area contributed by atoms with E-state index in [1.165, 1.54) is 12.1 Å². The number of esters is 1. The van der Waals surface area contributed by atoms with Gasteiger partial charge in [0.15, 0.2) is 6.10 Å². The number of hydrogen-bond acceptors (Lipinski definition) is 2. The van der Waals surface area contributed by atoms with Gasteiger partial charge in [0.25, 0.3) is 0 Å². The predicted molar refractivity (Wildman–Crippen MR) is 47.4 cm³/mol. The third kappa shape index (κ3) is 3.27. The number of halogens is 3. The van der Waals surface area contributed by atoms with Crippen LogP contribution in [0.4, 0.5) is 13.2 Å². The topological polar surface area (TPSA) is 26.3 Å². The molecule has 0 aliphatic carbocycles. The fraction of sp³-hybridized carbons (Fsp3) is 0.300. The summed E-state index contributed by atoms with van der Waals surface area (Å²) in [4.78, 5) is 11.2. The largest absolute Gasteiger partial charge is 0.449 e. The van der Waals surface area contributed by atoms with Crippen LogP contribution in [0.1, 0.15) is 17.3 Å². The van der Waals surface area contributed by atoms with Gasteiger partial charge in [-0.3, -0.25) is 0 Å². The normalized spacial score (nSPS) is 13.3. The molecule has 15 heavy (non-hydrogen) atoms. The summed E-state index contributed by atoms with van der Waals surface area (Å²) in [6, 6.07) is 7.55. The van der Waals surface area contributed by atoms with Gasteiger partial charge in [-0.2, -0.15) is 13.2 Å². The Morgan fingerprint density at radius 3 is 2.27 bits per heavy atom. The maximum absolute atomic E-state index is 12.0. The maximum Gasteiger partial charge on any atom is 0.425 e. The molecule has 0 radical (unpaired) electrons. The van der Waals surface area contributed by atoms with Gasteiger partial charge in [0.1, 0.15) is 0 Å². The van der Waals surface area contributed by atoms with Crippen molar-refractivity contribution >= 4 is 5.97 Å². The Kier molecular flexibility index (Phi) is 3.34. The molecule has 0 N–H and O–H groups in total. The molecule has 82 valence electrons. The van der Waals surface area contributed by atoms with E-state index in [1.807, 2.05) is 0 Å². The summed E-state index contributed by atoms with van der Waals surface area (Å²) in [5, 5.41) is 0. The first-order valence-electron chi connectivity index (χ1n) is 4.24. The highest BCUT2D eigenvalue weighted by Gasteiger charge is 2.39. The van der Waals surface area contributed by atoms with Gasteiger partial charge in [-0.05, 0) is 19.1 Å². The van der Waals surface area contributed by atoms with Gasteiger partial charge >= 0.3 is 12.1 Å². The van der Waals surface area contributed by atoms with Crippen LogP contribution in [0.25, 0.3) is 0 Å². The smallest absolute Gasteiger partial charge is 0.425 e. The molecule has 0 spiro atoms. The zero-order valence-electron chi connectivity index (χ0n) is 7.91. The van der Waals surface area contributed by atoms with Crippen LogP contribution in [-0.4, -0.2) is 18.2 Å². The van der Waals surface area contributed by atoms with E-state index in [9.17, 15) is 18.0 Å². The standard InChI is InChI=1S/C10H9F3O2/c1-7(10(11,12)13)15-9(14)8-5-3-2-4-6-8/h2-7H,1H3/t7-/m1/s1. The number of carbonyl (C=O) groups is 1. The second kappa shape index (κ2) is 4.33. The third-order valence-corrected chi connectivity index (χ3v) is 1.75. The summed E-state index contributed by atoms with van der Waals surface area (Å²) in [6.07, 6.45) is -6.62. The zero-order valence-corrected chi connectivity index (χ0v) is 7.91. The van der Waals surface area contributed by atoms with Crippen molar-refractivity contribution in [3.05, 3.63) is 35.9 Å². The molecule has 0 aliphatic rings. The summed E-state index contributed by atoms with van der Waals surface area (Å²) in [5.74, 6) is -0.972. The van der Waals surface area contributed by atoms with Crippen LogP contribution in [0.15, 0.2) is 30.3 Å². The van der Waals surface area contributed by atoms with Crippen molar-refractivity contribution in [1.29, 1.82) is 0 Å². The number of benzene rings is 1. The second-order valence-corrected chi connectivity index (χ2v) is 2.96. The minimum absolute atomic E-state index is 0.105. The molecule has 0 amide bonds. The van der Waals surface area contributed by atoms with Gasteiger partial charge in [-0.15, -0.1) is 0 Å². The van der Waals surface area contributed by atoms with Gasteiger partial charge in [0, 0.05) is 0 Å². The van der Waals surface area contributed by atoms with Gasteiger partial charge in [0.2, 0.25) is 0 Å². The first-order valence-corrected chi connectivity index (χ1v) is 4.24. The molecule has 1 aromatic carbocycles. The number of ether oxygens (including phenoxy) is 1. The maximum atomic E-state index is 12.0. The van der Waals surface area contributed by atoms with Crippen molar-refractivity contribution in [2.45, 2.75) is 19.2 Å². The van der Waals surface area contributed by atoms with Crippen molar-refractivity contribution in [3.63, 3.8) is 0 Å². The minimum Gasteiger partial charge on any atom is -0.449 e. The Hall–Kier alpha value is -1.52. The Balaban J connectivity index is 2.65. The summed E-state index contributed by atoms with van der Waals surface area (Å²) in [5.41, 5.74) is 0.105. The van der Waals surface area contributed by atoms with E-state index in [-0.39, 0.29) is 5.56 Å². The summed E-state index contributed by atoms with van der Waals surface area (Å²) in [6.45, 7) is 0.792. The molecular formula is C10H9F3O2. The van der Waals surface area contributed by atoms with E-state index in [2.05, 4.69) is 4.74 Å². The zero-order chi connectivity index (χ0) is 11.5. The lowest BCUT2D eigenvalue weighted by Crippen LogP contribution is -2.30. The molecule has 5 heteroatoms. The van der Waals surface area contributed by atoms with Gasteiger partial charge in [-0.25, -0.2) is 4.79 Å². The van der Waals surface area contributed by atoms with Crippen LogP contribution in [0.5, 0.6) is 0 Å². The molecule has 0 heterocycles. The number of alkyl halides is 3.